The van der Waals surface area contributed by atoms with E-state index in [0.717, 1.165) is 23.5 Å². The van der Waals surface area contributed by atoms with Gasteiger partial charge >= 0.3 is 0 Å². The Balaban J connectivity index is 1.86. The van der Waals surface area contributed by atoms with E-state index in [1.54, 1.807) is 0 Å². The largest absolute Gasteiger partial charge is 0.497 e. The van der Waals surface area contributed by atoms with Gasteiger partial charge in [-0.15, -0.1) is 11.3 Å². The highest BCUT2D eigenvalue weighted by atomic mass is 32.1. The van der Waals surface area contributed by atoms with Crippen molar-refractivity contribution in [1.29, 1.82) is 0 Å². The fourth-order valence-electron chi connectivity index (χ4n) is 2.58. The lowest BCUT2D eigenvalue weighted by Gasteiger charge is -2.11. The van der Waals surface area contributed by atoms with Gasteiger partial charge in [0.2, 0.25) is 0 Å². The molecule has 29 heavy (non-hydrogen) atoms. The Kier molecular flexibility index (Phi) is 5.05. The number of hydrogen-bond donors (Lipinski definition) is 2. The monoisotopic (exact) mass is 421 g/mol. The molecule has 6 nitrogen and oxygen atoms in total. The summed E-state index contributed by atoms with van der Waals surface area (Å²) in [5.41, 5.74) is 1.76. The first-order valence-electron chi connectivity index (χ1n) is 9.59. The molecule has 0 unspecified atom stereocenters. The summed E-state index contributed by atoms with van der Waals surface area (Å²) in [7, 11) is -1.45. The molecular weight excluding hydrogens is 402 g/mol. The molecule has 0 saturated heterocycles. The van der Waals surface area contributed by atoms with Gasteiger partial charge in [0.05, 0.1) is 23.8 Å². The number of carbonyl (C=O) groups is 2. The number of anilines is 1. The Morgan fingerprint density at radius 3 is 2.52 bits per heavy atom. The van der Waals surface area contributed by atoms with Gasteiger partial charge < -0.3 is 10.1 Å². The van der Waals surface area contributed by atoms with E-state index in [2.05, 4.69) is 15.6 Å². The van der Waals surface area contributed by atoms with Crippen LogP contribution in [0.25, 0.3) is 11.1 Å². The highest BCUT2D eigenvalue weighted by molar-refractivity contribution is 7.12. The molecule has 0 saturated carbocycles. The minimum Gasteiger partial charge on any atom is -0.497 e. The van der Waals surface area contributed by atoms with Crippen molar-refractivity contribution in [2.75, 3.05) is 19.5 Å². The molecule has 1 heterocycles. The van der Waals surface area contributed by atoms with Gasteiger partial charge in [-0.05, 0) is 46.8 Å². The zero-order valence-corrected chi connectivity index (χ0v) is 15.7. The summed E-state index contributed by atoms with van der Waals surface area (Å²) in [6, 6.07) is 9.06. The zero-order chi connectivity index (χ0) is 23.5. The van der Waals surface area contributed by atoms with Gasteiger partial charge in [-0.2, -0.15) is 0 Å². The molecular formula is C20H16F2N2O4S. The normalized spacial score (nSPS) is 12.4. The van der Waals surface area contributed by atoms with Crippen molar-refractivity contribution in [3.8, 4) is 16.9 Å². The number of rotatable bonds is 6. The number of ether oxygens (including phenoxy) is 1. The van der Waals surface area contributed by atoms with Crippen LogP contribution in [0.2, 0.25) is 0 Å². The molecule has 2 N–H and O–H groups in total. The van der Waals surface area contributed by atoms with Gasteiger partial charge in [0.1, 0.15) is 27.9 Å². The first kappa shape index (κ1) is 16.6. The number of hydroxylamine groups is 1. The molecule has 0 atom stereocenters. The molecule has 1 aromatic heterocycles. The number of nitrogens with one attached hydrogen (secondary N) is 2. The van der Waals surface area contributed by atoms with Gasteiger partial charge in [0, 0.05) is 0 Å². The Labute approximate surface area is 173 Å². The third-order valence-corrected chi connectivity index (χ3v) is 4.79. The van der Waals surface area contributed by atoms with E-state index >= 15 is 0 Å². The summed E-state index contributed by atoms with van der Waals surface area (Å²) in [4.78, 5) is 28.9. The van der Waals surface area contributed by atoms with E-state index < -0.39 is 36.2 Å². The number of carbonyl (C=O) groups excluding carboxylic acids is 2. The lowest BCUT2D eigenvalue weighted by Crippen LogP contribution is -2.24. The van der Waals surface area contributed by atoms with Gasteiger partial charge in [-0.1, -0.05) is 12.1 Å². The van der Waals surface area contributed by atoms with Crippen molar-refractivity contribution >= 4 is 28.8 Å². The second kappa shape index (κ2) is 8.80. The zero-order valence-electron chi connectivity index (χ0n) is 17.9. The standard InChI is InChI=1S/C20H16F2N2O4S/c1-27-13-5-3-4-11(8-13)12-9-15(21)17(16(22)10-12)23-20(26)18-14(6-7-29-18)19(25)24-28-2/h3-10H,1-2H3,(H,23,26)(H,24,25)/i1D3. The van der Waals surface area contributed by atoms with Crippen molar-refractivity contribution < 1.29 is 32.1 Å². The van der Waals surface area contributed by atoms with Crippen LogP contribution in [0.5, 0.6) is 5.75 Å². The average molecular weight is 421 g/mol. The van der Waals surface area contributed by atoms with Crippen molar-refractivity contribution in [3.05, 3.63) is 69.9 Å². The number of methoxy groups -OCH3 is 1. The van der Waals surface area contributed by atoms with Crippen molar-refractivity contribution in [1.82, 2.24) is 5.48 Å². The van der Waals surface area contributed by atoms with E-state index in [9.17, 15) is 18.4 Å². The van der Waals surface area contributed by atoms with Gasteiger partial charge in [-0.3, -0.25) is 14.4 Å². The third-order valence-electron chi connectivity index (χ3n) is 3.88. The number of amides is 2. The van der Waals surface area contributed by atoms with Crippen molar-refractivity contribution in [2.24, 2.45) is 0 Å². The minimum absolute atomic E-state index is 0.000237. The molecule has 0 fully saturated rings. The Morgan fingerprint density at radius 1 is 1.07 bits per heavy atom. The van der Waals surface area contributed by atoms with Gasteiger partial charge in [-0.25, -0.2) is 14.3 Å². The van der Waals surface area contributed by atoms with Crippen LogP contribution in [0.15, 0.2) is 47.8 Å². The minimum atomic E-state index is -2.68. The van der Waals surface area contributed by atoms with E-state index in [1.807, 2.05) is 0 Å². The molecule has 0 aliphatic carbocycles. The summed E-state index contributed by atoms with van der Waals surface area (Å²) in [5.74, 6) is -3.68. The molecule has 2 amide bonds. The number of thiophene rings is 1. The first-order valence-corrected chi connectivity index (χ1v) is 8.97. The van der Waals surface area contributed by atoms with Crippen molar-refractivity contribution in [2.45, 2.75) is 0 Å². The topological polar surface area (TPSA) is 76.7 Å². The van der Waals surface area contributed by atoms with Crippen LogP contribution in [-0.2, 0) is 4.84 Å². The predicted octanol–water partition coefficient (Wildman–Crippen LogP) is 4.25. The van der Waals surface area contributed by atoms with Crippen molar-refractivity contribution in [3.63, 3.8) is 0 Å². The fraction of sp³-hybridized carbons (Fsp3) is 0.100. The Bertz CT molecular complexity index is 1140. The fourth-order valence-corrected chi connectivity index (χ4v) is 3.37. The van der Waals surface area contributed by atoms with Gasteiger partial charge in [0.25, 0.3) is 11.8 Å². The second-order valence-electron chi connectivity index (χ2n) is 5.70. The quantitative estimate of drug-likeness (QED) is 0.584. The van der Waals surface area contributed by atoms with Gasteiger partial charge in [0.15, 0.2) is 0 Å². The number of benzene rings is 2. The maximum atomic E-state index is 14.7. The van der Waals surface area contributed by atoms with Crippen LogP contribution in [0, 0.1) is 11.6 Å². The molecule has 0 aliphatic rings. The Morgan fingerprint density at radius 2 is 1.83 bits per heavy atom. The molecule has 0 spiro atoms. The molecule has 150 valence electrons. The summed E-state index contributed by atoms with van der Waals surface area (Å²) >= 11 is 0.916. The van der Waals surface area contributed by atoms with Crippen LogP contribution in [0.4, 0.5) is 14.5 Å². The molecule has 9 heteroatoms. The lowest BCUT2D eigenvalue weighted by molar-refractivity contribution is 0.0536. The Hall–Kier alpha value is -3.30. The number of halogens is 2. The molecule has 3 rings (SSSR count). The molecule has 2 aromatic carbocycles. The van der Waals surface area contributed by atoms with Crippen LogP contribution in [0.1, 0.15) is 24.1 Å². The van der Waals surface area contributed by atoms with Crippen LogP contribution in [0.3, 0.4) is 0 Å². The van der Waals surface area contributed by atoms with E-state index in [0.29, 0.717) is 5.56 Å². The average Bonchev–Trinajstić information content (AvgIpc) is 3.20. The molecule has 3 aromatic rings. The van der Waals surface area contributed by atoms with E-state index in [-0.39, 0.29) is 21.8 Å². The van der Waals surface area contributed by atoms with Crippen LogP contribution in [-0.4, -0.2) is 26.0 Å². The molecule has 0 radical (unpaired) electrons. The lowest BCUT2D eigenvalue weighted by atomic mass is 10.0. The van der Waals surface area contributed by atoms with E-state index in [1.165, 1.54) is 42.8 Å². The molecule has 0 aliphatic heterocycles. The summed E-state index contributed by atoms with van der Waals surface area (Å²) in [6.45, 7) is 0. The second-order valence-corrected chi connectivity index (χ2v) is 6.61. The number of hydrogen-bond acceptors (Lipinski definition) is 5. The first-order chi connectivity index (χ1) is 15.1. The van der Waals surface area contributed by atoms with Crippen LogP contribution >= 0.6 is 11.3 Å². The van der Waals surface area contributed by atoms with E-state index in [4.69, 9.17) is 8.85 Å². The predicted molar refractivity (Wildman–Crippen MR) is 105 cm³/mol. The van der Waals surface area contributed by atoms with Crippen LogP contribution < -0.4 is 15.5 Å². The maximum Gasteiger partial charge on any atom is 0.276 e. The highest BCUT2D eigenvalue weighted by Crippen LogP contribution is 2.30. The smallest absolute Gasteiger partial charge is 0.276 e. The molecule has 0 bridgehead atoms. The summed E-state index contributed by atoms with van der Waals surface area (Å²) < 4.78 is 55.6. The SMILES string of the molecule is [2H]C([2H])([2H])Oc1cccc(-c2cc(F)c(NC(=O)c3sccc3C(=O)NOC)c(F)c2)c1. The third kappa shape index (κ3) is 4.41. The highest BCUT2D eigenvalue weighted by Gasteiger charge is 2.22. The summed E-state index contributed by atoms with van der Waals surface area (Å²) in [6.07, 6.45) is 0. The maximum absolute atomic E-state index is 14.7. The summed E-state index contributed by atoms with van der Waals surface area (Å²) in [5, 5.41) is 3.62.